The van der Waals surface area contributed by atoms with Crippen molar-refractivity contribution in [3.8, 4) is 0 Å². The van der Waals surface area contributed by atoms with E-state index >= 15 is 0 Å². The van der Waals surface area contributed by atoms with E-state index in [0.717, 1.165) is 29.4 Å². The van der Waals surface area contributed by atoms with E-state index < -0.39 is 23.7 Å². The van der Waals surface area contributed by atoms with Gasteiger partial charge in [0.2, 0.25) is 11.7 Å². The van der Waals surface area contributed by atoms with Crippen LogP contribution < -0.4 is 10.6 Å². The molecular weight excluding hydrogens is 387 g/mol. The van der Waals surface area contributed by atoms with E-state index in [9.17, 15) is 22.8 Å². The maximum Gasteiger partial charge on any atom is 0.451 e. The van der Waals surface area contributed by atoms with Gasteiger partial charge in [-0.05, 0) is 30.9 Å². The molecule has 1 aromatic carbocycles. The van der Waals surface area contributed by atoms with Crippen molar-refractivity contribution in [3.63, 3.8) is 0 Å². The van der Waals surface area contributed by atoms with Crippen molar-refractivity contribution in [2.24, 2.45) is 7.05 Å². The van der Waals surface area contributed by atoms with Gasteiger partial charge in [0.05, 0.1) is 12.6 Å². The second-order valence-corrected chi connectivity index (χ2v) is 7.54. The molecule has 0 aliphatic carbocycles. The Kier molecular flexibility index (Phi) is 4.97. The average Bonchev–Trinajstić information content (AvgIpc) is 3.24. The van der Waals surface area contributed by atoms with Crippen LogP contribution in [0.25, 0.3) is 0 Å². The summed E-state index contributed by atoms with van der Waals surface area (Å²) in [4.78, 5) is 28.7. The van der Waals surface area contributed by atoms with Gasteiger partial charge in [-0.2, -0.15) is 13.2 Å². The lowest BCUT2D eigenvalue weighted by Crippen LogP contribution is -2.44. The molecule has 2 aliphatic rings. The molecule has 2 aromatic rings. The summed E-state index contributed by atoms with van der Waals surface area (Å²) in [5.74, 6) is -1.17. The van der Waals surface area contributed by atoms with Crippen LogP contribution in [-0.4, -0.2) is 51.3 Å². The Labute approximate surface area is 165 Å². The Bertz CT molecular complexity index is 973. The Morgan fingerprint density at radius 3 is 2.52 bits per heavy atom. The molecule has 0 spiro atoms. The number of halogens is 3. The Morgan fingerprint density at radius 2 is 1.86 bits per heavy atom. The van der Waals surface area contributed by atoms with Crippen molar-refractivity contribution in [3.05, 3.63) is 46.1 Å². The average molecular weight is 409 g/mol. The van der Waals surface area contributed by atoms with Gasteiger partial charge < -0.3 is 4.90 Å². The van der Waals surface area contributed by atoms with E-state index in [2.05, 4.69) is 5.10 Å². The molecule has 3 heterocycles. The maximum absolute atomic E-state index is 13.0. The molecule has 10 heteroatoms. The molecule has 0 N–H and O–H groups in total. The lowest BCUT2D eigenvalue weighted by Gasteiger charge is -2.32. The molecule has 2 aliphatic heterocycles. The van der Waals surface area contributed by atoms with Crippen LogP contribution in [0.5, 0.6) is 0 Å². The number of carbonyl (C=O) groups is 1. The third-order valence-electron chi connectivity index (χ3n) is 5.71. The van der Waals surface area contributed by atoms with Crippen LogP contribution >= 0.6 is 0 Å². The molecule has 7 nitrogen and oxygen atoms in total. The molecule has 1 saturated heterocycles. The maximum atomic E-state index is 13.0. The molecule has 1 fully saturated rings. The minimum absolute atomic E-state index is 0.0164. The molecule has 1 amide bonds. The summed E-state index contributed by atoms with van der Waals surface area (Å²) in [5, 5.41) is 3.53. The van der Waals surface area contributed by atoms with Crippen molar-refractivity contribution >= 4 is 11.6 Å². The van der Waals surface area contributed by atoms with E-state index in [0.29, 0.717) is 37.0 Å². The van der Waals surface area contributed by atoms with Crippen LogP contribution in [0.4, 0.5) is 18.9 Å². The van der Waals surface area contributed by atoms with E-state index in [1.54, 1.807) is 4.90 Å². The third-order valence-corrected chi connectivity index (χ3v) is 5.71. The number of anilines is 1. The van der Waals surface area contributed by atoms with E-state index in [1.165, 1.54) is 0 Å². The van der Waals surface area contributed by atoms with Gasteiger partial charge in [0.1, 0.15) is 0 Å². The first-order valence-corrected chi connectivity index (χ1v) is 9.59. The minimum atomic E-state index is -4.67. The SMILES string of the molecule is Cn1c(C(F)(F)F)nn(C2CCN(CC(=O)N3CCc4ccccc43)CC2)c1=O. The number of fused-ring (bicyclic) bond motifs is 1. The largest absolute Gasteiger partial charge is 0.451 e. The molecule has 0 unspecified atom stereocenters. The zero-order chi connectivity index (χ0) is 20.8. The molecule has 156 valence electrons. The number of likely N-dealkylation sites (tertiary alicyclic amines) is 1. The van der Waals surface area contributed by atoms with Crippen LogP contribution in [-0.2, 0) is 24.4 Å². The van der Waals surface area contributed by atoms with Crippen LogP contribution in [0.2, 0.25) is 0 Å². The smallest absolute Gasteiger partial charge is 0.311 e. The number of para-hydroxylation sites is 1. The van der Waals surface area contributed by atoms with Gasteiger partial charge in [-0.15, -0.1) is 5.10 Å². The monoisotopic (exact) mass is 409 g/mol. The van der Waals surface area contributed by atoms with Gasteiger partial charge >= 0.3 is 11.9 Å². The third kappa shape index (κ3) is 3.68. The van der Waals surface area contributed by atoms with Gasteiger partial charge in [-0.1, -0.05) is 18.2 Å². The molecule has 1 aromatic heterocycles. The normalized spacial score (nSPS) is 18.3. The van der Waals surface area contributed by atoms with Gasteiger partial charge in [0.15, 0.2) is 0 Å². The summed E-state index contributed by atoms with van der Waals surface area (Å²) < 4.78 is 40.4. The topological polar surface area (TPSA) is 63.4 Å². The highest BCUT2D eigenvalue weighted by Gasteiger charge is 2.39. The summed E-state index contributed by atoms with van der Waals surface area (Å²) >= 11 is 0. The predicted octanol–water partition coefficient (Wildman–Crippen LogP) is 1.83. The molecule has 29 heavy (non-hydrogen) atoms. The second kappa shape index (κ2) is 7.33. The van der Waals surface area contributed by atoms with E-state index in [4.69, 9.17) is 0 Å². The van der Waals surface area contributed by atoms with E-state index in [-0.39, 0.29) is 12.5 Å². The van der Waals surface area contributed by atoms with Crippen molar-refractivity contribution in [1.29, 1.82) is 0 Å². The highest BCUT2D eigenvalue weighted by atomic mass is 19.4. The van der Waals surface area contributed by atoms with Gasteiger partial charge in [-0.25, -0.2) is 9.48 Å². The van der Waals surface area contributed by atoms with Crippen molar-refractivity contribution in [2.75, 3.05) is 31.1 Å². The number of alkyl halides is 3. The fraction of sp³-hybridized carbons (Fsp3) is 0.526. The summed E-state index contributed by atoms with van der Waals surface area (Å²) in [7, 11) is 1.08. The lowest BCUT2D eigenvalue weighted by molar-refractivity contribution is -0.147. The number of hydrogen-bond donors (Lipinski definition) is 0. The van der Waals surface area contributed by atoms with Gasteiger partial charge in [0.25, 0.3) is 0 Å². The van der Waals surface area contributed by atoms with Crippen LogP contribution in [0, 0.1) is 0 Å². The van der Waals surface area contributed by atoms with Crippen LogP contribution in [0.1, 0.15) is 30.3 Å². The molecule has 0 bridgehead atoms. The standard InChI is InChI=1S/C19H22F3N5O2/c1-24-17(19(20,21)22)23-27(18(24)29)14-7-9-25(10-8-14)12-16(28)26-11-6-13-4-2-3-5-15(13)26/h2-5,14H,6-12H2,1H3. The quantitative estimate of drug-likeness (QED) is 0.776. The van der Waals surface area contributed by atoms with E-state index in [1.807, 2.05) is 29.2 Å². The molecule has 0 saturated carbocycles. The number of amides is 1. The number of carbonyl (C=O) groups excluding carboxylic acids is 1. The zero-order valence-electron chi connectivity index (χ0n) is 16.0. The first kappa shape index (κ1) is 19.7. The molecular formula is C19H22F3N5O2. The summed E-state index contributed by atoms with van der Waals surface area (Å²) in [6.45, 7) is 1.97. The molecule has 4 rings (SSSR count). The number of hydrogen-bond acceptors (Lipinski definition) is 4. The highest BCUT2D eigenvalue weighted by molar-refractivity contribution is 5.96. The number of rotatable bonds is 3. The number of benzene rings is 1. The first-order valence-electron chi connectivity index (χ1n) is 9.59. The Balaban J connectivity index is 1.38. The number of piperidine rings is 1. The summed E-state index contributed by atoms with van der Waals surface area (Å²) in [6, 6.07) is 7.44. The van der Waals surface area contributed by atoms with Crippen LogP contribution in [0.3, 0.4) is 0 Å². The number of nitrogens with zero attached hydrogens (tertiary/aromatic N) is 5. The zero-order valence-corrected chi connectivity index (χ0v) is 16.0. The summed E-state index contributed by atoms with van der Waals surface area (Å²) in [5.41, 5.74) is 1.35. The highest BCUT2D eigenvalue weighted by Crippen LogP contribution is 2.29. The molecule has 0 atom stereocenters. The fourth-order valence-electron chi connectivity index (χ4n) is 4.14. The number of aromatic nitrogens is 3. The van der Waals surface area contributed by atoms with Crippen LogP contribution in [0.15, 0.2) is 29.1 Å². The van der Waals surface area contributed by atoms with Crippen molar-refractivity contribution in [2.45, 2.75) is 31.5 Å². The Morgan fingerprint density at radius 1 is 1.17 bits per heavy atom. The van der Waals surface area contributed by atoms with Crippen molar-refractivity contribution in [1.82, 2.24) is 19.2 Å². The van der Waals surface area contributed by atoms with Gasteiger partial charge in [-0.3, -0.25) is 14.3 Å². The molecule has 0 radical (unpaired) electrons. The first-order chi connectivity index (χ1) is 13.8. The summed E-state index contributed by atoms with van der Waals surface area (Å²) in [6.07, 6.45) is -2.89. The minimum Gasteiger partial charge on any atom is -0.311 e. The Hall–Kier alpha value is -2.62. The lowest BCUT2D eigenvalue weighted by atomic mass is 10.1. The second-order valence-electron chi connectivity index (χ2n) is 7.54. The van der Waals surface area contributed by atoms with Gasteiger partial charge in [0, 0.05) is 32.4 Å². The van der Waals surface area contributed by atoms with Crippen molar-refractivity contribution < 1.29 is 18.0 Å². The predicted molar refractivity (Wildman–Crippen MR) is 99.7 cm³/mol. The fourth-order valence-corrected chi connectivity index (χ4v) is 4.14.